The number of hydrogen-bond acceptors (Lipinski definition) is 6. The Morgan fingerprint density at radius 3 is 2.38 bits per heavy atom. The van der Waals surface area contributed by atoms with Crippen LogP contribution in [0, 0.1) is 0 Å². The summed E-state index contributed by atoms with van der Waals surface area (Å²) in [5.74, 6) is -0.240. The molecule has 0 bridgehead atoms. The normalized spacial score (nSPS) is 14.4. The van der Waals surface area contributed by atoms with Gasteiger partial charge in [0.05, 0.1) is 17.7 Å². The van der Waals surface area contributed by atoms with Crippen molar-refractivity contribution < 1.29 is 27.2 Å². The molecule has 1 aromatic heterocycles. The fourth-order valence-corrected chi connectivity index (χ4v) is 3.85. The quantitative estimate of drug-likeness (QED) is 0.462. The van der Waals surface area contributed by atoms with Crippen molar-refractivity contribution in [1.29, 1.82) is 0 Å². The van der Waals surface area contributed by atoms with Crippen molar-refractivity contribution in [3.8, 4) is 0 Å². The van der Waals surface area contributed by atoms with E-state index in [1.165, 1.54) is 35.4 Å². The van der Waals surface area contributed by atoms with Crippen molar-refractivity contribution in [2.24, 2.45) is 0 Å². The summed E-state index contributed by atoms with van der Waals surface area (Å²) in [6.07, 6.45) is 2.40. The van der Waals surface area contributed by atoms with Gasteiger partial charge in [-0.05, 0) is 42.8 Å². The van der Waals surface area contributed by atoms with Gasteiger partial charge in [-0.1, -0.05) is 0 Å². The van der Waals surface area contributed by atoms with Crippen molar-refractivity contribution in [1.82, 2.24) is 14.9 Å². The number of amides is 3. The van der Waals surface area contributed by atoms with Gasteiger partial charge < -0.3 is 9.73 Å². The Balaban J connectivity index is 1.48. The second-order valence-corrected chi connectivity index (χ2v) is 8.24. The average molecular weight is 419 g/mol. The number of benzene rings is 1. The number of likely N-dealkylation sites (tertiary alicyclic amines) is 1. The van der Waals surface area contributed by atoms with Crippen LogP contribution in [0.1, 0.15) is 35.4 Å². The van der Waals surface area contributed by atoms with E-state index in [4.69, 9.17) is 4.42 Å². The molecule has 1 aliphatic heterocycles. The van der Waals surface area contributed by atoms with Crippen molar-refractivity contribution in [3.63, 3.8) is 0 Å². The number of imide groups is 1. The van der Waals surface area contributed by atoms with Crippen molar-refractivity contribution in [2.45, 2.75) is 30.7 Å². The topological polar surface area (TPSA) is 126 Å². The molecule has 0 saturated carbocycles. The van der Waals surface area contributed by atoms with Crippen LogP contribution in [0.3, 0.4) is 0 Å². The van der Waals surface area contributed by atoms with E-state index in [1.807, 2.05) is 0 Å². The highest BCUT2D eigenvalue weighted by Crippen LogP contribution is 2.13. The first kappa shape index (κ1) is 20.7. The second-order valence-electron chi connectivity index (χ2n) is 6.48. The number of nitrogens with zero attached hydrogens (tertiary/aromatic N) is 1. The Hall–Kier alpha value is -2.98. The van der Waals surface area contributed by atoms with Crippen LogP contribution in [0.4, 0.5) is 0 Å². The van der Waals surface area contributed by atoms with Gasteiger partial charge in [0.1, 0.15) is 5.76 Å². The van der Waals surface area contributed by atoms with Crippen LogP contribution in [0.15, 0.2) is 52.0 Å². The molecular weight excluding hydrogens is 398 g/mol. The minimum absolute atomic E-state index is 0.0274. The molecular formula is C19H21N3O6S. The van der Waals surface area contributed by atoms with Gasteiger partial charge in [-0.25, -0.2) is 13.1 Å². The summed E-state index contributed by atoms with van der Waals surface area (Å²) in [6.45, 7) is 0.594. The summed E-state index contributed by atoms with van der Waals surface area (Å²) >= 11 is 0. The Morgan fingerprint density at radius 1 is 1.07 bits per heavy atom. The number of nitrogens with one attached hydrogen (secondary N) is 2. The third-order valence-electron chi connectivity index (χ3n) is 4.44. The third-order valence-corrected chi connectivity index (χ3v) is 5.86. The van der Waals surface area contributed by atoms with Crippen molar-refractivity contribution in [3.05, 3.63) is 54.0 Å². The molecule has 154 valence electrons. The lowest BCUT2D eigenvalue weighted by atomic mass is 10.2. The lowest BCUT2D eigenvalue weighted by Gasteiger charge is -2.13. The van der Waals surface area contributed by atoms with Crippen LogP contribution in [0.5, 0.6) is 0 Å². The van der Waals surface area contributed by atoms with Crippen LogP contribution in [0.25, 0.3) is 0 Å². The van der Waals surface area contributed by atoms with Crippen LogP contribution < -0.4 is 10.0 Å². The molecule has 0 radical (unpaired) electrons. The Kier molecular flexibility index (Phi) is 6.45. The molecule has 0 spiro atoms. The summed E-state index contributed by atoms with van der Waals surface area (Å²) in [7, 11) is -3.73. The number of rotatable bonds is 9. The molecule has 0 atom stereocenters. The molecule has 0 aliphatic carbocycles. The zero-order valence-electron chi connectivity index (χ0n) is 15.6. The van der Waals surface area contributed by atoms with Crippen LogP contribution in [0.2, 0.25) is 0 Å². The first-order valence-corrected chi connectivity index (χ1v) is 10.6. The monoisotopic (exact) mass is 419 g/mol. The molecule has 10 heteroatoms. The molecule has 3 amide bonds. The summed E-state index contributed by atoms with van der Waals surface area (Å²) in [4.78, 5) is 36.5. The largest absolute Gasteiger partial charge is 0.468 e. The van der Waals surface area contributed by atoms with E-state index in [2.05, 4.69) is 10.0 Å². The molecule has 1 aromatic carbocycles. The standard InChI is InChI=1S/C19H21N3O6S/c23-17-8-9-18(24)22(17)11-2-10-20-19(25)14-4-6-16(7-5-14)29(26,27)21-13-15-3-1-12-28-15/h1,3-7,12,21H,2,8-11,13H2,(H,20,25). The van der Waals surface area contributed by atoms with E-state index in [9.17, 15) is 22.8 Å². The highest BCUT2D eigenvalue weighted by Gasteiger charge is 2.27. The van der Waals surface area contributed by atoms with Gasteiger partial charge in [-0.2, -0.15) is 0 Å². The average Bonchev–Trinajstić information content (AvgIpc) is 3.34. The van der Waals surface area contributed by atoms with E-state index < -0.39 is 10.0 Å². The van der Waals surface area contributed by atoms with Crippen molar-refractivity contribution >= 4 is 27.7 Å². The van der Waals surface area contributed by atoms with Gasteiger partial charge in [-0.15, -0.1) is 0 Å². The fraction of sp³-hybridized carbons (Fsp3) is 0.316. The predicted molar refractivity (Wildman–Crippen MR) is 102 cm³/mol. The van der Waals surface area contributed by atoms with Gasteiger partial charge in [-0.3, -0.25) is 19.3 Å². The Morgan fingerprint density at radius 2 is 1.76 bits per heavy atom. The third kappa shape index (κ3) is 5.30. The number of carbonyl (C=O) groups excluding carboxylic acids is 3. The number of carbonyl (C=O) groups is 3. The molecule has 2 heterocycles. The first-order chi connectivity index (χ1) is 13.9. The molecule has 2 aromatic rings. The van der Waals surface area contributed by atoms with E-state index in [1.54, 1.807) is 12.1 Å². The van der Waals surface area contributed by atoms with Gasteiger partial charge in [0.25, 0.3) is 5.91 Å². The summed E-state index contributed by atoms with van der Waals surface area (Å²) in [5, 5.41) is 2.69. The Bertz CT molecular complexity index is 967. The maximum Gasteiger partial charge on any atom is 0.251 e. The lowest BCUT2D eigenvalue weighted by molar-refractivity contribution is -0.138. The summed E-state index contributed by atoms with van der Waals surface area (Å²) in [6, 6.07) is 8.86. The fourth-order valence-electron chi connectivity index (χ4n) is 2.86. The number of hydrogen-bond donors (Lipinski definition) is 2. The minimum atomic E-state index is -3.73. The van der Waals surface area contributed by atoms with Gasteiger partial charge >= 0.3 is 0 Å². The zero-order chi connectivity index (χ0) is 20.9. The summed E-state index contributed by atoms with van der Waals surface area (Å²) in [5.41, 5.74) is 0.309. The Labute approximate surface area is 168 Å². The van der Waals surface area contributed by atoms with E-state index >= 15 is 0 Å². The molecule has 0 unspecified atom stereocenters. The molecule has 1 saturated heterocycles. The van der Waals surface area contributed by atoms with Gasteiger partial charge in [0.15, 0.2) is 0 Å². The maximum absolute atomic E-state index is 12.3. The highest BCUT2D eigenvalue weighted by molar-refractivity contribution is 7.89. The van der Waals surface area contributed by atoms with E-state index in [0.717, 1.165) is 0 Å². The van der Waals surface area contributed by atoms with Gasteiger partial charge in [0, 0.05) is 31.5 Å². The lowest BCUT2D eigenvalue weighted by Crippen LogP contribution is -2.33. The molecule has 1 fully saturated rings. The van der Waals surface area contributed by atoms with Gasteiger partial charge in [0.2, 0.25) is 21.8 Å². The molecule has 29 heavy (non-hydrogen) atoms. The molecule has 9 nitrogen and oxygen atoms in total. The van der Waals surface area contributed by atoms with E-state index in [-0.39, 0.29) is 48.5 Å². The number of furan rings is 1. The first-order valence-electron chi connectivity index (χ1n) is 9.10. The predicted octanol–water partition coefficient (Wildman–Crippen LogP) is 1.03. The summed E-state index contributed by atoms with van der Waals surface area (Å²) < 4.78 is 32.1. The maximum atomic E-state index is 12.3. The van der Waals surface area contributed by atoms with Crippen molar-refractivity contribution in [2.75, 3.05) is 13.1 Å². The highest BCUT2D eigenvalue weighted by atomic mass is 32.2. The van der Waals surface area contributed by atoms with Crippen LogP contribution in [-0.2, 0) is 26.2 Å². The molecule has 1 aliphatic rings. The second kappa shape index (κ2) is 9.01. The molecule has 2 N–H and O–H groups in total. The SMILES string of the molecule is O=C(NCCCN1C(=O)CCC1=O)c1ccc(S(=O)(=O)NCc2ccco2)cc1. The minimum Gasteiger partial charge on any atom is -0.468 e. The van der Waals surface area contributed by atoms with Crippen LogP contribution >= 0.6 is 0 Å². The molecule has 3 rings (SSSR count). The van der Waals surface area contributed by atoms with E-state index in [0.29, 0.717) is 24.3 Å². The van der Waals surface area contributed by atoms with Crippen LogP contribution in [-0.4, -0.2) is 44.1 Å². The smallest absolute Gasteiger partial charge is 0.251 e. The number of sulfonamides is 1. The zero-order valence-corrected chi connectivity index (χ0v) is 16.4.